The van der Waals surface area contributed by atoms with E-state index < -0.39 is 5.97 Å². The summed E-state index contributed by atoms with van der Waals surface area (Å²) < 4.78 is 5.12. The number of aromatic carboxylic acids is 1. The number of aromatic nitrogens is 1. The third kappa shape index (κ3) is 2.79. The number of pyridine rings is 1. The van der Waals surface area contributed by atoms with E-state index in [1.807, 2.05) is 0 Å². The monoisotopic (exact) mass is 250 g/mol. The van der Waals surface area contributed by atoms with Crippen LogP contribution < -0.4 is 5.73 Å². The van der Waals surface area contributed by atoms with Gasteiger partial charge in [-0.3, -0.25) is 0 Å². The molecule has 2 aromatic rings. The molecule has 0 saturated heterocycles. The summed E-state index contributed by atoms with van der Waals surface area (Å²) in [7, 11) is 0. The average molecular weight is 250 g/mol. The number of thioether (sulfide) groups is 1. The highest BCUT2D eigenvalue weighted by Gasteiger charge is 2.13. The van der Waals surface area contributed by atoms with Gasteiger partial charge in [0, 0.05) is 0 Å². The number of rotatable bonds is 4. The number of carboxylic acids is 1. The van der Waals surface area contributed by atoms with Gasteiger partial charge >= 0.3 is 5.97 Å². The SMILES string of the molecule is Nc1ccc(SCc2occc2C(=O)O)nc1. The highest BCUT2D eigenvalue weighted by molar-refractivity contribution is 7.98. The normalized spacial score (nSPS) is 10.4. The van der Waals surface area contributed by atoms with Crippen LogP contribution in [0.3, 0.4) is 0 Å². The van der Waals surface area contributed by atoms with Gasteiger partial charge in [0.05, 0.1) is 28.9 Å². The predicted octanol–water partition coefficient (Wildman–Crippen LogP) is 2.25. The maximum Gasteiger partial charge on any atom is 0.339 e. The molecule has 0 radical (unpaired) electrons. The minimum Gasteiger partial charge on any atom is -0.478 e. The van der Waals surface area contributed by atoms with Crippen LogP contribution in [0.5, 0.6) is 0 Å². The Kier molecular flexibility index (Phi) is 3.34. The quantitative estimate of drug-likeness (QED) is 0.809. The summed E-state index contributed by atoms with van der Waals surface area (Å²) in [4.78, 5) is 14.9. The lowest BCUT2D eigenvalue weighted by Gasteiger charge is -2.00. The Hall–Kier alpha value is -1.95. The van der Waals surface area contributed by atoms with E-state index in [1.165, 1.54) is 24.1 Å². The topological polar surface area (TPSA) is 89.3 Å². The highest BCUT2D eigenvalue weighted by atomic mass is 32.2. The first-order chi connectivity index (χ1) is 8.16. The van der Waals surface area contributed by atoms with Crippen LogP contribution in [0.15, 0.2) is 40.1 Å². The fourth-order valence-electron chi connectivity index (χ4n) is 1.26. The van der Waals surface area contributed by atoms with Crippen molar-refractivity contribution < 1.29 is 14.3 Å². The Balaban J connectivity index is 2.05. The van der Waals surface area contributed by atoms with Crippen LogP contribution in [-0.4, -0.2) is 16.1 Å². The molecule has 0 atom stereocenters. The van der Waals surface area contributed by atoms with Gasteiger partial charge in [-0.15, -0.1) is 0 Å². The van der Waals surface area contributed by atoms with Gasteiger partial charge in [0.1, 0.15) is 11.3 Å². The summed E-state index contributed by atoms with van der Waals surface area (Å²) in [5.41, 5.74) is 6.30. The number of nitrogens with zero attached hydrogens (tertiary/aromatic N) is 1. The third-order valence-corrected chi connectivity index (χ3v) is 3.03. The second kappa shape index (κ2) is 4.92. The van der Waals surface area contributed by atoms with E-state index in [4.69, 9.17) is 15.3 Å². The Labute approximate surface area is 102 Å². The van der Waals surface area contributed by atoms with Gasteiger partial charge in [-0.25, -0.2) is 9.78 Å². The fourth-order valence-corrected chi connectivity index (χ4v) is 2.05. The van der Waals surface area contributed by atoms with Crippen LogP contribution in [0.2, 0.25) is 0 Å². The number of hydrogen-bond donors (Lipinski definition) is 2. The van der Waals surface area contributed by atoms with Crippen LogP contribution in [0, 0.1) is 0 Å². The molecule has 0 aliphatic carbocycles. The van der Waals surface area contributed by atoms with E-state index in [2.05, 4.69) is 4.98 Å². The summed E-state index contributed by atoms with van der Waals surface area (Å²) in [5.74, 6) is -0.133. The second-order valence-electron chi connectivity index (χ2n) is 3.28. The third-order valence-electron chi connectivity index (χ3n) is 2.09. The number of furan rings is 1. The Morgan fingerprint density at radius 3 is 2.94 bits per heavy atom. The van der Waals surface area contributed by atoms with E-state index in [9.17, 15) is 4.79 Å². The van der Waals surface area contributed by atoms with E-state index in [-0.39, 0.29) is 5.56 Å². The van der Waals surface area contributed by atoms with Crippen molar-refractivity contribution in [3.8, 4) is 0 Å². The number of hydrogen-bond acceptors (Lipinski definition) is 5. The molecule has 0 aliphatic heterocycles. The predicted molar refractivity (Wildman–Crippen MR) is 63.9 cm³/mol. The minimum absolute atomic E-state index is 0.188. The maximum absolute atomic E-state index is 10.8. The molecule has 0 saturated carbocycles. The van der Waals surface area contributed by atoms with Crippen molar-refractivity contribution >= 4 is 23.4 Å². The largest absolute Gasteiger partial charge is 0.478 e. The zero-order valence-electron chi connectivity index (χ0n) is 8.79. The van der Waals surface area contributed by atoms with Crippen molar-refractivity contribution in [1.82, 2.24) is 4.98 Å². The van der Waals surface area contributed by atoms with Crippen LogP contribution in [0.1, 0.15) is 16.1 Å². The van der Waals surface area contributed by atoms with Gasteiger partial charge in [0.25, 0.3) is 0 Å². The van der Waals surface area contributed by atoms with Crippen molar-refractivity contribution in [2.45, 2.75) is 10.8 Å². The van der Waals surface area contributed by atoms with Gasteiger partial charge in [0.15, 0.2) is 0 Å². The molecule has 0 spiro atoms. The Bertz CT molecular complexity index is 522. The maximum atomic E-state index is 10.8. The summed E-state index contributed by atoms with van der Waals surface area (Å²) in [6.45, 7) is 0. The van der Waals surface area contributed by atoms with Crippen molar-refractivity contribution in [3.05, 3.63) is 42.0 Å². The fraction of sp³-hybridized carbons (Fsp3) is 0.0909. The van der Waals surface area contributed by atoms with Crippen LogP contribution >= 0.6 is 11.8 Å². The van der Waals surface area contributed by atoms with Gasteiger partial charge in [-0.2, -0.15) is 0 Å². The molecular weight excluding hydrogens is 240 g/mol. The molecule has 5 nitrogen and oxygen atoms in total. The zero-order chi connectivity index (χ0) is 12.3. The summed E-state index contributed by atoms with van der Waals surface area (Å²) in [6.07, 6.45) is 2.93. The molecule has 6 heteroatoms. The Morgan fingerprint density at radius 2 is 2.29 bits per heavy atom. The molecule has 3 N–H and O–H groups in total. The first-order valence-corrected chi connectivity index (χ1v) is 5.79. The smallest absolute Gasteiger partial charge is 0.339 e. The molecule has 0 aliphatic rings. The first kappa shape index (κ1) is 11.5. The van der Waals surface area contributed by atoms with Gasteiger partial charge in [-0.1, -0.05) is 11.8 Å². The zero-order valence-corrected chi connectivity index (χ0v) is 9.61. The van der Waals surface area contributed by atoms with Gasteiger partial charge in [-0.05, 0) is 18.2 Å². The Morgan fingerprint density at radius 1 is 1.47 bits per heavy atom. The summed E-state index contributed by atoms with van der Waals surface area (Å²) in [6, 6.07) is 4.97. The standard InChI is InChI=1S/C11H10N2O3S/c12-7-1-2-10(13-5-7)17-6-9-8(11(14)15)3-4-16-9/h1-5H,6,12H2,(H,14,15). The molecule has 17 heavy (non-hydrogen) atoms. The lowest BCUT2D eigenvalue weighted by molar-refractivity contribution is 0.0695. The van der Waals surface area contributed by atoms with Crippen LogP contribution in [0.4, 0.5) is 5.69 Å². The molecule has 0 unspecified atom stereocenters. The van der Waals surface area contributed by atoms with E-state index in [0.29, 0.717) is 17.2 Å². The molecule has 2 aromatic heterocycles. The van der Waals surface area contributed by atoms with Crippen molar-refractivity contribution in [2.75, 3.05) is 5.73 Å². The van der Waals surface area contributed by atoms with Crippen molar-refractivity contribution in [1.29, 1.82) is 0 Å². The lowest BCUT2D eigenvalue weighted by atomic mass is 10.3. The molecule has 2 heterocycles. The molecule has 2 rings (SSSR count). The molecule has 0 aromatic carbocycles. The molecule has 0 bridgehead atoms. The average Bonchev–Trinajstić information content (AvgIpc) is 2.76. The minimum atomic E-state index is -0.986. The van der Waals surface area contributed by atoms with E-state index in [0.717, 1.165) is 5.03 Å². The van der Waals surface area contributed by atoms with Gasteiger partial charge in [0.2, 0.25) is 0 Å². The highest BCUT2D eigenvalue weighted by Crippen LogP contribution is 2.23. The summed E-state index contributed by atoms with van der Waals surface area (Å²) in [5, 5.41) is 9.66. The number of carboxylic acid groups (broad SMARTS) is 1. The molecule has 0 fully saturated rings. The summed E-state index contributed by atoms with van der Waals surface area (Å²) >= 11 is 1.39. The molecule has 0 amide bonds. The van der Waals surface area contributed by atoms with E-state index in [1.54, 1.807) is 18.3 Å². The molecular formula is C11H10N2O3S. The number of nitrogens with two attached hydrogens (primary N) is 1. The van der Waals surface area contributed by atoms with E-state index >= 15 is 0 Å². The lowest BCUT2D eigenvalue weighted by Crippen LogP contribution is -1.97. The van der Waals surface area contributed by atoms with Crippen LogP contribution in [0.25, 0.3) is 0 Å². The van der Waals surface area contributed by atoms with Gasteiger partial charge < -0.3 is 15.3 Å². The van der Waals surface area contributed by atoms with Crippen molar-refractivity contribution in [3.63, 3.8) is 0 Å². The number of nitrogen functional groups attached to an aromatic ring is 1. The molecule has 88 valence electrons. The first-order valence-electron chi connectivity index (χ1n) is 4.81. The van der Waals surface area contributed by atoms with Crippen LogP contribution in [-0.2, 0) is 5.75 Å². The second-order valence-corrected chi connectivity index (χ2v) is 4.28. The number of carbonyl (C=O) groups is 1. The number of anilines is 1. The van der Waals surface area contributed by atoms with Crippen molar-refractivity contribution in [2.24, 2.45) is 0 Å².